The summed E-state index contributed by atoms with van der Waals surface area (Å²) in [4.78, 5) is 4.16. The molecule has 0 saturated carbocycles. The summed E-state index contributed by atoms with van der Waals surface area (Å²) < 4.78 is 16.0. The second-order valence-corrected chi connectivity index (χ2v) is 4.53. The predicted molar refractivity (Wildman–Crippen MR) is 107 cm³/mol. The van der Waals surface area contributed by atoms with Crippen molar-refractivity contribution in [3.63, 3.8) is 0 Å². The van der Waals surface area contributed by atoms with Crippen molar-refractivity contribution in [1.82, 2.24) is 10.6 Å². The Morgan fingerprint density at radius 3 is 2.71 bits per heavy atom. The Morgan fingerprint density at radius 1 is 1.29 bits per heavy atom. The van der Waals surface area contributed by atoms with E-state index in [9.17, 15) is 0 Å². The minimum atomic E-state index is 0. The van der Waals surface area contributed by atoms with Gasteiger partial charge in [-0.05, 0) is 24.6 Å². The minimum absolute atomic E-state index is 0. The Hall–Kier alpha value is -1.66. The van der Waals surface area contributed by atoms with Gasteiger partial charge < -0.3 is 24.8 Å². The number of methoxy groups -OCH3 is 1. The number of aliphatic imine (C=N–C) groups is 1. The van der Waals surface area contributed by atoms with Gasteiger partial charge in [-0.1, -0.05) is 12.0 Å². The van der Waals surface area contributed by atoms with E-state index in [1.54, 1.807) is 14.2 Å². The van der Waals surface area contributed by atoms with Gasteiger partial charge in [0.05, 0.1) is 13.7 Å². The largest absolute Gasteiger partial charge is 0.493 e. The fourth-order valence-corrected chi connectivity index (χ4v) is 1.86. The first kappa shape index (κ1) is 22.3. The van der Waals surface area contributed by atoms with Gasteiger partial charge >= 0.3 is 0 Å². The lowest BCUT2D eigenvalue weighted by atomic mass is 10.2. The van der Waals surface area contributed by atoms with Crippen LogP contribution in [0.5, 0.6) is 11.5 Å². The van der Waals surface area contributed by atoms with Crippen molar-refractivity contribution < 1.29 is 14.2 Å². The van der Waals surface area contributed by atoms with Gasteiger partial charge in [0.15, 0.2) is 17.5 Å². The van der Waals surface area contributed by atoms with Gasteiger partial charge in [0.25, 0.3) is 0 Å². The molecule has 0 aromatic heterocycles. The van der Waals surface area contributed by atoms with Gasteiger partial charge in [-0.2, -0.15) is 0 Å². The van der Waals surface area contributed by atoms with Crippen LogP contribution in [0.4, 0.5) is 0 Å². The van der Waals surface area contributed by atoms with Crippen LogP contribution in [0, 0.1) is 12.3 Å². The second-order valence-electron chi connectivity index (χ2n) is 4.53. The molecule has 0 aliphatic heterocycles. The smallest absolute Gasteiger partial charge is 0.191 e. The standard InChI is InChI=1S/C17H25N3O3.HI/c1-5-10-23-16-12-14(7-8-15(16)21-4)13-20-17(18-3)19-9-11-22-6-2;/h1,7-8,12H,6,9-11,13H2,2-4H3,(H2,18,19,20);1H. The summed E-state index contributed by atoms with van der Waals surface area (Å²) in [5.74, 6) is 4.44. The summed E-state index contributed by atoms with van der Waals surface area (Å²) in [6, 6.07) is 5.72. The van der Waals surface area contributed by atoms with Gasteiger partial charge in [0.1, 0.15) is 6.61 Å². The number of halogens is 1. The molecular weight excluding hydrogens is 421 g/mol. The van der Waals surface area contributed by atoms with E-state index in [2.05, 4.69) is 21.5 Å². The Kier molecular flexibility index (Phi) is 12.8. The highest BCUT2D eigenvalue weighted by molar-refractivity contribution is 14.0. The van der Waals surface area contributed by atoms with Gasteiger partial charge in [-0.15, -0.1) is 30.4 Å². The van der Waals surface area contributed by atoms with Gasteiger partial charge in [-0.3, -0.25) is 4.99 Å². The van der Waals surface area contributed by atoms with Gasteiger partial charge in [0.2, 0.25) is 0 Å². The summed E-state index contributed by atoms with van der Waals surface area (Å²) in [5, 5.41) is 6.41. The Bertz CT molecular complexity index is 544. The van der Waals surface area contributed by atoms with Crippen LogP contribution in [-0.4, -0.2) is 46.5 Å². The van der Waals surface area contributed by atoms with Crippen LogP contribution in [0.25, 0.3) is 0 Å². The first-order chi connectivity index (χ1) is 11.2. The van der Waals surface area contributed by atoms with Crippen LogP contribution >= 0.6 is 24.0 Å². The van der Waals surface area contributed by atoms with Crippen LogP contribution in [0.15, 0.2) is 23.2 Å². The zero-order valence-corrected chi connectivity index (χ0v) is 16.8. The molecule has 0 fully saturated rings. The number of rotatable bonds is 9. The highest BCUT2D eigenvalue weighted by Crippen LogP contribution is 2.27. The molecule has 0 heterocycles. The third kappa shape index (κ3) is 8.26. The van der Waals surface area contributed by atoms with Crippen LogP contribution in [0.1, 0.15) is 12.5 Å². The van der Waals surface area contributed by atoms with E-state index in [0.29, 0.717) is 43.8 Å². The molecule has 1 rings (SSSR count). The number of guanidine groups is 1. The number of terminal acetylenes is 1. The maximum Gasteiger partial charge on any atom is 0.191 e. The molecule has 7 heteroatoms. The molecule has 1 aromatic rings. The Balaban J connectivity index is 0.00000529. The molecule has 0 spiro atoms. The van der Waals surface area contributed by atoms with Crippen molar-refractivity contribution in [3.05, 3.63) is 23.8 Å². The van der Waals surface area contributed by atoms with E-state index in [-0.39, 0.29) is 30.6 Å². The van der Waals surface area contributed by atoms with Crippen LogP contribution in [0.3, 0.4) is 0 Å². The maximum atomic E-state index is 5.49. The number of benzene rings is 1. The molecule has 0 aliphatic carbocycles. The molecule has 2 N–H and O–H groups in total. The van der Waals surface area contributed by atoms with E-state index in [0.717, 1.165) is 5.56 Å². The van der Waals surface area contributed by atoms with E-state index >= 15 is 0 Å². The molecule has 6 nitrogen and oxygen atoms in total. The van der Waals surface area contributed by atoms with Crippen molar-refractivity contribution in [2.24, 2.45) is 4.99 Å². The molecule has 0 bridgehead atoms. The molecular formula is C17H26IN3O3. The Morgan fingerprint density at radius 2 is 2.08 bits per heavy atom. The van der Waals surface area contributed by atoms with Crippen molar-refractivity contribution in [1.29, 1.82) is 0 Å². The lowest BCUT2D eigenvalue weighted by Crippen LogP contribution is -2.38. The number of nitrogens with zero attached hydrogens (tertiary/aromatic N) is 1. The average Bonchev–Trinajstić information content (AvgIpc) is 2.59. The van der Waals surface area contributed by atoms with Crippen molar-refractivity contribution in [2.75, 3.05) is 40.5 Å². The third-order valence-electron chi connectivity index (χ3n) is 2.97. The zero-order chi connectivity index (χ0) is 16.9. The molecule has 0 radical (unpaired) electrons. The average molecular weight is 447 g/mol. The third-order valence-corrected chi connectivity index (χ3v) is 2.97. The number of hydrogen-bond donors (Lipinski definition) is 2. The number of ether oxygens (including phenoxy) is 3. The highest BCUT2D eigenvalue weighted by atomic mass is 127. The quantitative estimate of drug-likeness (QED) is 0.200. The van der Waals surface area contributed by atoms with Gasteiger partial charge in [-0.25, -0.2) is 0 Å². The molecule has 0 aliphatic rings. The molecule has 0 unspecified atom stereocenters. The van der Waals surface area contributed by atoms with Crippen molar-refractivity contribution in [2.45, 2.75) is 13.5 Å². The first-order valence-corrected chi connectivity index (χ1v) is 7.50. The fraction of sp³-hybridized carbons (Fsp3) is 0.471. The maximum absolute atomic E-state index is 5.49. The summed E-state index contributed by atoms with van der Waals surface area (Å²) >= 11 is 0. The van der Waals surface area contributed by atoms with Crippen molar-refractivity contribution >= 4 is 29.9 Å². The highest BCUT2D eigenvalue weighted by Gasteiger charge is 2.06. The first-order valence-electron chi connectivity index (χ1n) is 7.50. The molecule has 1 aromatic carbocycles. The van der Waals surface area contributed by atoms with Crippen LogP contribution in [-0.2, 0) is 11.3 Å². The van der Waals surface area contributed by atoms with E-state index < -0.39 is 0 Å². The van der Waals surface area contributed by atoms with E-state index in [1.807, 2.05) is 25.1 Å². The van der Waals surface area contributed by atoms with Crippen LogP contribution in [0.2, 0.25) is 0 Å². The number of hydrogen-bond acceptors (Lipinski definition) is 4. The van der Waals surface area contributed by atoms with Gasteiger partial charge in [0, 0.05) is 26.7 Å². The number of nitrogens with one attached hydrogen (secondary N) is 2. The Labute approximate surface area is 161 Å². The fourth-order valence-electron chi connectivity index (χ4n) is 1.86. The lowest BCUT2D eigenvalue weighted by Gasteiger charge is -2.14. The molecule has 0 amide bonds. The van der Waals surface area contributed by atoms with E-state index in [1.165, 1.54) is 0 Å². The molecule has 0 saturated heterocycles. The predicted octanol–water partition coefficient (Wildman–Crippen LogP) is 2.03. The summed E-state index contributed by atoms with van der Waals surface area (Å²) in [5.41, 5.74) is 1.03. The second kappa shape index (κ2) is 13.7. The van der Waals surface area contributed by atoms with Crippen LogP contribution < -0.4 is 20.1 Å². The topological polar surface area (TPSA) is 64.1 Å². The molecule has 134 valence electrons. The lowest BCUT2D eigenvalue weighted by molar-refractivity contribution is 0.152. The summed E-state index contributed by atoms with van der Waals surface area (Å²) in [6.07, 6.45) is 5.23. The summed E-state index contributed by atoms with van der Waals surface area (Å²) in [7, 11) is 3.33. The molecule has 24 heavy (non-hydrogen) atoms. The monoisotopic (exact) mass is 447 g/mol. The SMILES string of the molecule is C#CCOc1cc(CNC(=NC)NCCOCC)ccc1OC.I. The normalized spacial score (nSPS) is 10.3. The van der Waals surface area contributed by atoms with Crippen molar-refractivity contribution in [3.8, 4) is 23.8 Å². The molecule has 0 atom stereocenters. The zero-order valence-electron chi connectivity index (χ0n) is 14.4. The summed E-state index contributed by atoms with van der Waals surface area (Å²) in [6.45, 7) is 4.83. The van der Waals surface area contributed by atoms with E-state index in [4.69, 9.17) is 20.6 Å². The minimum Gasteiger partial charge on any atom is -0.493 e.